The Balaban J connectivity index is 1.42. The van der Waals surface area contributed by atoms with E-state index in [4.69, 9.17) is 9.15 Å². The molecule has 0 aliphatic carbocycles. The van der Waals surface area contributed by atoms with Gasteiger partial charge in [0.25, 0.3) is 0 Å². The summed E-state index contributed by atoms with van der Waals surface area (Å²) < 4.78 is 11.5. The number of aryl methyl sites for hydroxylation is 2. The van der Waals surface area contributed by atoms with Crippen molar-refractivity contribution in [3.05, 3.63) is 65.5 Å². The molecule has 3 aromatic rings. The number of para-hydroxylation sites is 1. The molecule has 6 nitrogen and oxygen atoms in total. The average Bonchev–Trinajstić information content (AvgIpc) is 3.19. The summed E-state index contributed by atoms with van der Waals surface area (Å²) in [6.07, 6.45) is 0.687. The van der Waals surface area contributed by atoms with Crippen LogP contribution in [0.1, 0.15) is 44.2 Å². The Morgan fingerprint density at radius 1 is 1.07 bits per heavy atom. The van der Waals surface area contributed by atoms with Gasteiger partial charge in [0.1, 0.15) is 12.4 Å². The van der Waals surface area contributed by atoms with Crippen LogP contribution in [0, 0.1) is 6.92 Å². The number of hydrogen-bond donors (Lipinski definition) is 1. The number of aromatic nitrogens is 2. The van der Waals surface area contributed by atoms with Gasteiger partial charge in [0.05, 0.1) is 6.54 Å². The van der Waals surface area contributed by atoms with Gasteiger partial charge in [-0.1, -0.05) is 56.7 Å². The fourth-order valence-electron chi connectivity index (χ4n) is 3.04. The first kappa shape index (κ1) is 21.6. The van der Waals surface area contributed by atoms with Gasteiger partial charge in [-0.25, -0.2) is 0 Å². The normalized spacial score (nSPS) is 11.3. The predicted molar refractivity (Wildman–Crippen MR) is 116 cm³/mol. The third-order valence-corrected chi connectivity index (χ3v) is 4.71. The molecule has 0 aliphatic heterocycles. The van der Waals surface area contributed by atoms with Gasteiger partial charge in [0.15, 0.2) is 0 Å². The lowest BCUT2D eigenvalue weighted by Gasteiger charge is -2.22. The molecular weight excluding hydrogens is 378 g/mol. The number of rotatable bonds is 8. The highest BCUT2D eigenvalue weighted by atomic mass is 16.5. The zero-order valence-corrected chi connectivity index (χ0v) is 18.1. The summed E-state index contributed by atoms with van der Waals surface area (Å²) in [4.78, 5) is 12.1. The zero-order chi connectivity index (χ0) is 21.6. The van der Waals surface area contributed by atoms with Crippen LogP contribution in [0.3, 0.4) is 0 Å². The van der Waals surface area contributed by atoms with Gasteiger partial charge in [0, 0.05) is 18.4 Å². The molecule has 1 aromatic heterocycles. The number of benzene rings is 2. The summed E-state index contributed by atoms with van der Waals surface area (Å²) in [5, 5.41) is 11.0. The van der Waals surface area contributed by atoms with E-state index >= 15 is 0 Å². The Labute approximate surface area is 177 Å². The van der Waals surface area contributed by atoms with Crippen molar-refractivity contribution in [2.24, 2.45) is 0 Å². The number of carbonyl (C=O) groups excluding carboxylic acids is 1. The molecule has 0 unspecified atom stereocenters. The molecule has 0 aliphatic rings. The molecule has 1 heterocycles. The second kappa shape index (κ2) is 9.57. The van der Waals surface area contributed by atoms with E-state index in [2.05, 4.69) is 42.4 Å². The molecule has 1 N–H and O–H groups in total. The molecule has 0 atom stereocenters. The van der Waals surface area contributed by atoms with Crippen molar-refractivity contribution in [1.29, 1.82) is 0 Å². The van der Waals surface area contributed by atoms with E-state index in [-0.39, 0.29) is 17.7 Å². The highest BCUT2D eigenvalue weighted by molar-refractivity contribution is 5.76. The van der Waals surface area contributed by atoms with Gasteiger partial charge >= 0.3 is 0 Å². The third kappa shape index (κ3) is 5.92. The van der Waals surface area contributed by atoms with E-state index in [0.29, 0.717) is 31.4 Å². The van der Waals surface area contributed by atoms with Crippen LogP contribution in [0.4, 0.5) is 0 Å². The summed E-state index contributed by atoms with van der Waals surface area (Å²) in [6.45, 7) is 9.33. The van der Waals surface area contributed by atoms with E-state index in [1.165, 1.54) is 5.56 Å². The van der Waals surface area contributed by atoms with Gasteiger partial charge in [-0.3, -0.25) is 4.79 Å². The summed E-state index contributed by atoms with van der Waals surface area (Å²) in [5.74, 6) is 1.71. The van der Waals surface area contributed by atoms with Gasteiger partial charge in [-0.2, -0.15) is 0 Å². The number of amides is 1. The molecule has 30 heavy (non-hydrogen) atoms. The molecule has 1 amide bonds. The average molecular weight is 408 g/mol. The first-order valence-electron chi connectivity index (χ1n) is 10.2. The lowest BCUT2D eigenvalue weighted by Crippen LogP contribution is -2.28. The van der Waals surface area contributed by atoms with Gasteiger partial charge < -0.3 is 14.5 Å². The maximum atomic E-state index is 12.1. The molecule has 0 saturated carbocycles. The molecule has 0 radical (unpaired) electrons. The van der Waals surface area contributed by atoms with E-state index in [9.17, 15) is 4.79 Å². The van der Waals surface area contributed by atoms with Crippen LogP contribution in [0.25, 0.3) is 11.5 Å². The van der Waals surface area contributed by atoms with Crippen LogP contribution in [-0.4, -0.2) is 29.3 Å². The van der Waals surface area contributed by atoms with Crippen molar-refractivity contribution in [3.8, 4) is 17.2 Å². The van der Waals surface area contributed by atoms with Crippen molar-refractivity contribution in [1.82, 2.24) is 15.5 Å². The Morgan fingerprint density at radius 2 is 1.80 bits per heavy atom. The van der Waals surface area contributed by atoms with E-state index in [1.807, 2.05) is 49.4 Å². The van der Waals surface area contributed by atoms with Crippen LogP contribution in [0.15, 0.2) is 52.9 Å². The van der Waals surface area contributed by atoms with E-state index in [1.54, 1.807) is 0 Å². The number of nitrogens with zero attached hydrogens (tertiary/aromatic N) is 2. The number of ether oxygens (including phenoxy) is 1. The summed E-state index contributed by atoms with van der Waals surface area (Å²) in [7, 11) is 0. The van der Waals surface area contributed by atoms with Crippen molar-refractivity contribution >= 4 is 5.91 Å². The van der Waals surface area contributed by atoms with E-state index < -0.39 is 0 Å². The van der Waals surface area contributed by atoms with Gasteiger partial charge in [-0.05, 0) is 36.1 Å². The minimum absolute atomic E-state index is 0.00134. The molecule has 0 fully saturated rings. The summed E-state index contributed by atoms with van der Waals surface area (Å²) in [6, 6.07) is 15.9. The van der Waals surface area contributed by atoms with Crippen molar-refractivity contribution in [3.63, 3.8) is 0 Å². The zero-order valence-electron chi connectivity index (χ0n) is 18.1. The maximum Gasteiger partial charge on any atom is 0.247 e. The Morgan fingerprint density at radius 3 is 2.53 bits per heavy atom. The molecule has 0 bridgehead atoms. The lowest BCUT2D eigenvalue weighted by molar-refractivity contribution is -0.121. The molecule has 2 aromatic carbocycles. The van der Waals surface area contributed by atoms with Crippen molar-refractivity contribution in [2.75, 3.05) is 13.2 Å². The topological polar surface area (TPSA) is 77.2 Å². The Bertz CT molecular complexity index is 972. The van der Waals surface area contributed by atoms with Crippen molar-refractivity contribution < 1.29 is 13.9 Å². The number of carbonyl (C=O) groups is 1. The molecule has 0 saturated heterocycles. The first-order valence-corrected chi connectivity index (χ1v) is 10.2. The maximum absolute atomic E-state index is 12.1. The standard InChI is InChI=1S/C24H29N3O3/c1-17-9-11-18(12-10-17)23-27-26-22(30-23)14-13-21(28)25-15-16-29-20-8-6-5-7-19(20)24(2,3)4/h5-12H,13-16H2,1-4H3,(H,25,28). The van der Waals surface area contributed by atoms with Crippen molar-refractivity contribution in [2.45, 2.75) is 46.0 Å². The van der Waals surface area contributed by atoms with Crippen LogP contribution < -0.4 is 10.1 Å². The smallest absolute Gasteiger partial charge is 0.247 e. The molecule has 6 heteroatoms. The Kier molecular flexibility index (Phi) is 6.87. The fourth-order valence-corrected chi connectivity index (χ4v) is 3.04. The largest absolute Gasteiger partial charge is 0.491 e. The highest BCUT2D eigenvalue weighted by Crippen LogP contribution is 2.30. The fraction of sp³-hybridized carbons (Fsp3) is 0.375. The molecule has 0 spiro atoms. The summed E-state index contributed by atoms with van der Waals surface area (Å²) in [5.41, 5.74) is 3.19. The van der Waals surface area contributed by atoms with Gasteiger partial charge in [0.2, 0.25) is 17.7 Å². The second-order valence-electron chi connectivity index (χ2n) is 8.31. The number of hydrogen-bond acceptors (Lipinski definition) is 5. The second-order valence-corrected chi connectivity index (χ2v) is 8.31. The van der Waals surface area contributed by atoms with E-state index in [0.717, 1.165) is 16.9 Å². The minimum Gasteiger partial charge on any atom is -0.491 e. The quantitative estimate of drug-likeness (QED) is 0.558. The van der Waals surface area contributed by atoms with Gasteiger partial charge in [-0.15, -0.1) is 10.2 Å². The summed E-state index contributed by atoms with van der Waals surface area (Å²) >= 11 is 0. The monoisotopic (exact) mass is 407 g/mol. The predicted octanol–water partition coefficient (Wildman–Crippen LogP) is 4.47. The lowest BCUT2D eigenvalue weighted by atomic mass is 9.86. The molecular formula is C24H29N3O3. The first-order chi connectivity index (χ1) is 14.3. The van der Waals surface area contributed by atoms with Crippen LogP contribution >= 0.6 is 0 Å². The third-order valence-electron chi connectivity index (χ3n) is 4.71. The van der Waals surface area contributed by atoms with Crippen LogP contribution in [-0.2, 0) is 16.6 Å². The SMILES string of the molecule is Cc1ccc(-c2nnc(CCC(=O)NCCOc3ccccc3C(C)(C)C)o2)cc1. The number of nitrogens with one attached hydrogen (secondary N) is 1. The Hall–Kier alpha value is -3.15. The highest BCUT2D eigenvalue weighted by Gasteiger charge is 2.18. The van der Waals surface area contributed by atoms with Crippen LogP contribution in [0.5, 0.6) is 5.75 Å². The minimum atomic E-state index is -0.0715. The molecule has 158 valence electrons. The van der Waals surface area contributed by atoms with Crippen LogP contribution in [0.2, 0.25) is 0 Å². The molecule has 3 rings (SSSR count).